The Hall–Kier alpha value is -3.68. The van der Waals surface area contributed by atoms with Crippen molar-refractivity contribution >= 4 is 19.4 Å². The topological polar surface area (TPSA) is 117 Å². The fourth-order valence-electron chi connectivity index (χ4n) is 2.38. The molecule has 0 bridgehead atoms. The molecule has 0 fully saturated rings. The lowest BCUT2D eigenvalue weighted by Gasteiger charge is -2.20. The molecule has 1 N–H and O–H groups in total. The number of carbonyl (C=O) groups excluding carboxylic acids is 1. The van der Waals surface area contributed by atoms with Crippen LogP contribution in [0.5, 0.6) is 11.5 Å². The maximum absolute atomic E-state index is 13.0. The number of hydrogen-bond acceptors (Lipinski definition) is 7. The number of rotatable bonds is 9. The molecule has 10 heteroatoms. The second kappa shape index (κ2) is 13.0. The van der Waals surface area contributed by atoms with Gasteiger partial charge < -0.3 is 13.8 Å². The molecule has 0 saturated heterocycles. The molecule has 0 aliphatic carbocycles. The molecule has 174 valence electrons. The summed E-state index contributed by atoms with van der Waals surface area (Å²) in [5.41, 5.74) is 1.18. The average molecular weight is 472 g/mol. The lowest BCUT2D eigenvalue weighted by Crippen LogP contribution is -2.26. The zero-order valence-corrected chi connectivity index (χ0v) is 19.1. The molecule has 9 nitrogen and oxygen atoms in total. The summed E-state index contributed by atoms with van der Waals surface area (Å²) in [5, 5.41) is 13.1. The van der Waals surface area contributed by atoms with Gasteiger partial charge in [0.05, 0.1) is 11.5 Å². The Balaban J connectivity index is 0.000000468. The van der Waals surface area contributed by atoms with E-state index < -0.39 is 25.2 Å². The molecule has 0 aromatic heterocycles. The molecule has 0 amide bonds. The van der Waals surface area contributed by atoms with E-state index in [4.69, 9.17) is 13.8 Å². The van der Waals surface area contributed by atoms with Crippen LogP contribution in [0.4, 0.5) is 5.69 Å². The van der Waals surface area contributed by atoms with E-state index in [1.165, 1.54) is 29.8 Å². The van der Waals surface area contributed by atoms with E-state index in [1.807, 2.05) is 18.2 Å². The van der Waals surface area contributed by atoms with Crippen molar-refractivity contribution in [1.82, 2.24) is 5.09 Å². The molecule has 33 heavy (non-hydrogen) atoms. The molecule has 0 aliphatic heterocycles. The Kier molecular flexibility index (Phi) is 10.1. The first kappa shape index (κ1) is 25.6. The molecule has 0 saturated carbocycles. The van der Waals surface area contributed by atoms with Gasteiger partial charge in [-0.15, -0.1) is 0 Å². The number of nitrogens with zero attached hydrogens (tertiary/aromatic N) is 1. The minimum atomic E-state index is -4.00. The molecular weight excluding hydrogens is 447 g/mol. The number of para-hydroxylation sites is 1. The zero-order valence-electron chi connectivity index (χ0n) is 18.2. The lowest BCUT2D eigenvalue weighted by atomic mass is 10.2. The van der Waals surface area contributed by atoms with Crippen LogP contribution in [-0.4, -0.2) is 24.0 Å². The Morgan fingerprint density at radius 3 is 1.88 bits per heavy atom. The standard InChI is InChI=1S/C16H17N2O7P.C7H8/c1-2-23-16(19)12-17-26(22,24-14-6-4-3-5-7-14)25-15-10-8-13(9-11-15)18(20)21;1-7-5-3-2-4-6-7/h3-11H,2,12H2,1H3,(H,17,22);2-6H,1H3. The fraction of sp³-hybridized carbons (Fsp3) is 0.174. The average Bonchev–Trinajstić information content (AvgIpc) is 2.80. The number of benzene rings is 3. The Bertz CT molecular complexity index is 1060. The summed E-state index contributed by atoms with van der Waals surface area (Å²) in [6, 6.07) is 23.5. The predicted octanol–water partition coefficient (Wildman–Crippen LogP) is 5.31. The highest BCUT2D eigenvalue weighted by Crippen LogP contribution is 2.44. The van der Waals surface area contributed by atoms with Crippen LogP contribution in [-0.2, 0) is 14.1 Å². The van der Waals surface area contributed by atoms with E-state index >= 15 is 0 Å². The van der Waals surface area contributed by atoms with Crippen molar-refractivity contribution in [2.24, 2.45) is 0 Å². The second-order valence-electron chi connectivity index (χ2n) is 6.54. The number of hydrogen-bond donors (Lipinski definition) is 1. The largest absolute Gasteiger partial charge is 0.513 e. The second-order valence-corrected chi connectivity index (χ2v) is 8.22. The van der Waals surface area contributed by atoms with Gasteiger partial charge in [0.1, 0.15) is 18.0 Å². The fourth-order valence-corrected chi connectivity index (χ4v) is 3.67. The van der Waals surface area contributed by atoms with Crippen LogP contribution in [0, 0.1) is 17.0 Å². The van der Waals surface area contributed by atoms with Crippen LogP contribution in [0.15, 0.2) is 84.9 Å². The molecule has 0 aliphatic rings. The first-order chi connectivity index (χ1) is 15.8. The van der Waals surface area contributed by atoms with E-state index in [-0.39, 0.29) is 23.8 Å². The summed E-state index contributed by atoms with van der Waals surface area (Å²) in [7, 11) is -4.00. The monoisotopic (exact) mass is 472 g/mol. The molecule has 1 atom stereocenters. The molecule has 3 rings (SSSR count). The van der Waals surface area contributed by atoms with Crippen molar-refractivity contribution in [1.29, 1.82) is 0 Å². The Morgan fingerprint density at radius 2 is 1.42 bits per heavy atom. The summed E-state index contributed by atoms with van der Waals surface area (Å²) in [6.45, 7) is 3.50. The third-order valence-electron chi connectivity index (χ3n) is 3.90. The predicted molar refractivity (Wildman–Crippen MR) is 124 cm³/mol. The van der Waals surface area contributed by atoms with Gasteiger partial charge in [-0.3, -0.25) is 14.9 Å². The molecule has 3 aromatic carbocycles. The van der Waals surface area contributed by atoms with Crippen LogP contribution in [0.3, 0.4) is 0 Å². The van der Waals surface area contributed by atoms with Gasteiger partial charge in [0, 0.05) is 12.1 Å². The molecule has 3 aromatic rings. The van der Waals surface area contributed by atoms with E-state index in [0.717, 1.165) is 0 Å². The quantitative estimate of drug-likeness (QED) is 0.193. The number of ether oxygens (including phenoxy) is 1. The van der Waals surface area contributed by atoms with Gasteiger partial charge in [-0.05, 0) is 38.1 Å². The maximum atomic E-state index is 13.0. The van der Waals surface area contributed by atoms with Crippen molar-refractivity contribution in [3.05, 3.63) is 101 Å². The summed E-state index contributed by atoms with van der Waals surface area (Å²) in [6.07, 6.45) is 0. The molecule has 0 heterocycles. The summed E-state index contributed by atoms with van der Waals surface area (Å²) < 4.78 is 28.5. The lowest BCUT2D eigenvalue weighted by molar-refractivity contribution is -0.384. The van der Waals surface area contributed by atoms with Gasteiger partial charge in [-0.25, -0.2) is 4.57 Å². The maximum Gasteiger partial charge on any atom is 0.513 e. The number of esters is 1. The molecular formula is C23H25N2O7P. The van der Waals surface area contributed by atoms with Crippen LogP contribution in [0.2, 0.25) is 0 Å². The Morgan fingerprint density at radius 1 is 0.909 bits per heavy atom. The minimum Gasteiger partial charge on any atom is -0.465 e. The normalized spacial score (nSPS) is 11.8. The molecule has 0 radical (unpaired) electrons. The molecule has 1 unspecified atom stereocenters. The van der Waals surface area contributed by atoms with Gasteiger partial charge in [0.2, 0.25) is 0 Å². The van der Waals surface area contributed by atoms with Crippen molar-refractivity contribution in [2.45, 2.75) is 13.8 Å². The van der Waals surface area contributed by atoms with Crippen LogP contribution in [0.1, 0.15) is 12.5 Å². The van der Waals surface area contributed by atoms with Gasteiger partial charge in [0.15, 0.2) is 0 Å². The summed E-state index contributed by atoms with van der Waals surface area (Å²) >= 11 is 0. The van der Waals surface area contributed by atoms with Crippen molar-refractivity contribution < 1.29 is 28.1 Å². The van der Waals surface area contributed by atoms with Gasteiger partial charge in [-0.2, -0.15) is 5.09 Å². The first-order valence-corrected chi connectivity index (χ1v) is 11.6. The van der Waals surface area contributed by atoms with Gasteiger partial charge in [0.25, 0.3) is 5.69 Å². The first-order valence-electron chi connectivity index (χ1n) is 10.0. The van der Waals surface area contributed by atoms with E-state index in [1.54, 1.807) is 37.3 Å². The van der Waals surface area contributed by atoms with Gasteiger partial charge >= 0.3 is 13.7 Å². The van der Waals surface area contributed by atoms with Crippen molar-refractivity contribution in [3.8, 4) is 11.5 Å². The van der Waals surface area contributed by atoms with Gasteiger partial charge in [-0.1, -0.05) is 54.1 Å². The smallest absolute Gasteiger partial charge is 0.465 e. The number of carbonyl (C=O) groups is 1. The van der Waals surface area contributed by atoms with E-state index in [9.17, 15) is 19.5 Å². The number of nitrogens with one attached hydrogen (secondary N) is 1. The minimum absolute atomic E-state index is 0.0752. The van der Waals surface area contributed by atoms with Crippen LogP contribution < -0.4 is 14.1 Å². The number of aryl methyl sites for hydroxylation is 1. The van der Waals surface area contributed by atoms with Crippen molar-refractivity contribution in [2.75, 3.05) is 13.2 Å². The summed E-state index contributed by atoms with van der Waals surface area (Å²) in [4.78, 5) is 21.7. The summed E-state index contributed by atoms with van der Waals surface area (Å²) in [5.74, 6) is -0.294. The number of nitro groups is 1. The highest BCUT2D eigenvalue weighted by Gasteiger charge is 2.29. The van der Waals surface area contributed by atoms with E-state index in [2.05, 4.69) is 24.1 Å². The molecule has 0 spiro atoms. The number of nitro benzene ring substituents is 1. The third-order valence-corrected chi connectivity index (χ3v) is 5.35. The highest BCUT2D eigenvalue weighted by atomic mass is 31.2. The zero-order chi connectivity index (χ0) is 24.1. The third kappa shape index (κ3) is 9.55. The van der Waals surface area contributed by atoms with E-state index in [0.29, 0.717) is 0 Å². The van der Waals surface area contributed by atoms with Crippen LogP contribution >= 0.6 is 7.75 Å². The SMILES string of the molecule is CCOC(=O)CNP(=O)(Oc1ccccc1)Oc1ccc([N+](=O)[O-])cc1.Cc1ccccc1. The van der Waals surface area contributed by atoms with Crippen LogP contribution in [0.25, 0.3) is 0 Å². The highest BCUT2D eigenvalue weighted by molar-refractivity contribution is 7.52. The Labute approximate surface area is 192 Å². The van der Waals surface area contributed by atoms with Crippen molar-refractivity contribution in [3.63, 3.8) is 0 Å². The number of non-ortho nitro benzene ring substituents is 1.